The lowest BCUT2D eigenvalue weighted by Gasteiger charge is -2.43. The van der Waals surface area contributed by atoms with Gasteiger partial charge in [0.05, 0.1) is 0 Å². The average molecular weight is 278 g/mol. The Labute approximate surface area is 121 Å². The summed E-state index contributed by atoms with van der Waals surface area (Å²) in [5, 5.41) is 22.8. The summed E-state index contributed by atoms with van der Waals surface area (Å²) in [4.78, 5) is 2.33. The Bertz CT molecular complexity index is 440. The molecule has 0 saturated heterocycles. The van der Waals surface area contributed by atoms with Crippen LogP contribution in [0.25, 0.3) is 0 Å². The van der Waals surface area contributed by atoms with Crippen LogP contribution < -0.4 is 5.32 Å². The van der Waals surface area contributed by atoms with Crippen molar-refractivity contribution in [3.05, 3.63) is 23.8 Å². The Kier molecular flexibility index (Phi) is 4.89. The molecule has 4 heteroatoms. The lowest BCUT2D eigenvalue weighted by molar-refractivity contribution is 0.0983. The first-order valence-electron chi connectivity index (χ1n) is 7.43. The molecular formula is C16H26N2O2. The third kappa shape index (κ3) is 3.25. The summed E-state index contributed by atoms with van der Waals surface area (Å²) in [7, 11) is 4.30. The minimum Gasteiger partial charge on any atom is -0.504 e. The van der Waals surface area contributed by atoms with E-state index in [-0.39, 0.29) is 17.0 Å². The standard InChI is InChI=1S/C16H26N2O2/c1-18(2)16(9-4-3-5-10-16)12-17-11-13-7-6-8-14(19)15(13)20/h6-8,17,19-20H,3-5,9-12H2,1-2H3. The Morgan fingerprint density at radius 2 is 1.85 bits per heavy atom. The highest BCUT2D eigenvalue weighted by Gasteiger charge is 2.33. The van der Waals surface area contributed by atoms with Gasteiger partial charge in [0.1, 0.15) is 0 Å². The molecule has 0 atom stereocenters. The van der Waals surface area contributed by atoms with E-state index in [1.54, 1.807) is 6.07 Å². The van der Waals surface area contributed by atoms with Gasteiger partial charge in [-0.25, -0.2) is 0 Å². The number of rotatable bonds is 5. The highest BCUT2D eigenvalue weighted by atomic mass is 16.3. The maximum absolute atomic E-state index is 9.81. The quantitative estimate of drug-likeness (QED) is 0.724. The van der Waals surface area contributed by atoms with Crippen LogP contribution in [0.1, 0.15) is 37.7 Å². The van der Waals surface area contributed by atoms with Crippen LogP contribution >= 0.6 is 0 Å². The molecule has 3 N–H and O–H groups in total. The van der Waals surface area contributed by atoms with E-state index in [4.69, 9.17) is 0 Å². The van der Waals surface area contributed by atoms with E-state index in [0.717, 1.165) is 12.1 Å². The number of para-hydroxylation sites is 1. The van der Waals surface area contributed by atoms with Gasteiger partial charge in [0.2, 0.25) is 0 Å². The van der Waals surface area contributed by atoms with Gasteiger partial charge in [-0.3, -0.25) is 0 Å². The largest absolute Gasteiger partial charge is 0.504 e. The first kappa shape index (κ1) is 15.1. The molecule has 2 rings (SSSR count). The average Bonchev–Trinajstić information content (AvgIpc) is 2.44. The van der Waals surface area contributed by atoms with Gasteiger partial charge in [-0.05, 0) is 33.0 Å². The number of aromatic hydroxyl groups is 2. The van der Waals surface area contributed by atoms with Crippen LogP contribution in [0.15, 0.2) is 18.2 Å². The number of likely N-dealkylation sites (N-methyl/N-ethyl adjacent to an activating group) is 1. The zero-order valence-corrected chi connectivity index (χ0v) is 12.5. The van der Waals surface area contributed by atoms with Crippen LogP contribution in [0.5, 0.6) is 11.5 Å². The maximum Gasteiger partial charge on any atom is 0.161 e. The van der Waals surface area contributed by atoms with E-state index in [0.29, 0.717) is 6.54 Å². The molecule has 1 aromatic rings. The molecule has 20 heavy (non-hydrogen) atoms. The molecule has 1 fully saturated rings. The molecule has 0 bridgehead atoms. The molecule has 1 aromatic carbocycles. The lowest BCUT2D eigenvalue weighted by atomic mass is 9.80. The van der Waals surface area contributed by atoms with E-state index < -0.39 is 0 Å². The third-order valence-electron chi connectivity index (χ3n) is 4.60. The number of phenolic OH excluding ortho intramolecular Hbond substituents is 2. The van der Waals surface area contributed by atoms with Crippen LogP contribution in [0.2, 0.25) is 0 Å². The normalized spacial score (nSPS) is 18.4. The summed E-state index contributed by atoms with van der Waals surface area (Å²) in [6.45, 7) is 1.49. The van der Waals surface area contributed by atoms with Gasteiger partial charge < -0.3 is 20.4 Å². The second-order valence-corrected chi connectivity index (χ2v) is 6.07. The van der Waals surface area contributed by atoms with E-state index in [2.05, 4.69) is 24.3 Å². The summed E-state index contributed by atoms with van der Waals surface area (Å²) in [5.74, 6) is -0.0631. The predicted molar refractivity (Wildman–Crippen MR) is 81.0 cm³/mol. The smallest absolute Gasteiger partial charge is 0.161 e. The van der Waals surface area contributed by atoms with Crippen molar-refractivity contribution in [2.24, 2.45) is 0 Å². The van der Waals surface area contributed by atoms with Crippen molar-refractivity contribution < 1.29 is 10.2 Å². The summed E-state index contributed by atoms with van der Waals surface area (Å²) in [6.07, 6.45) is 6.36. The summed E-state index contributed by atoms with van der Waals surface area (Å²) in [6, 6.07) is 5.10. The van der Waals surface area contributed by atoms with Crippen LogP contribution in [0.3, 0.4) is 0 Å². The molecule has 0 amide bonds. The zero-order valence-electron chi connectivity index (χ0n) is 12.5. The Balaban J connectivity index is 1.95. The van der Waals surface area contributed by atoms with Crippen molar-refractivity contribution in [3.8, 4) is 11.5 Å². The van der Waals surface area contributed by atoms with Crippen LogP contribution in [0.4, 0.5) is 0 Å². The van der Waals surface area contributed by atoms with Crippen LogP contribution in [-0.2, 0) is 6.54 Å². The predicted octanol–water partition coefficient (Wildman–Crippen LogP) is 2.45. The molecule has 0 spiro atoms. The number of nitrogens with one attached hydrogen (secondary N) is 1. The Morgan fingerprint density at radius 1 is 1.15 bits per heavy atom. The van der Waals surface area contributed by atoms with Crippen molar-refractivity contribution in [3.63, 3.8) is 0 Å². The second-order valence-electron chi connectivity index (χ2n) is 6.07. The topological polar surface area (TPSA) is 55.7 Å². The molecule has 1 saturated carbocycles. The van der Waals surface area contributed by atoms with Gasteiger partial charge in [0.15, 0.2) is 11.5 Å². The molecule has 4 nitrogen and oxygen atoms in total. The fraction of sp³-hybridized carbons (Fsp3) is 0.625. The van der Waals surface area contributed by atoms with Gasteiger partial charge in [-0.2, -0.15) is 0 Å². The van der Waals surface area contributed by atoms with Gasteiger partial charge in [0.25, 0.3) is 0 Å². The van der Waals surface area contributed by atoms with Gasteiger partial charge in [-0.15, -0.1) is 0 Å². The van der Waals surface area contributed by atoms with E-state index in [1.165, 1.54) is 38.2 Å². The van der Waals surface area contributed by atoms with Crippen molar-refractivity contribution >= 4 is 0 Å². The number of nitrogens with zero attached hydrogens (tertiary/aromatic N) is 1. The molecule has 0 radical (unpaired) electrons. The molecule has 0 unspecified atom stereocenters. The van der Waals surface area contributed by atoms with Gasteiger partial charge in [0, 0.05) is 24.2 Å². The molecule has 1 aliphatic rings. The minimum absolute atomic E-state index is 0.0115. The number of phenols is 2. The van der Waals surface area contributed by atoms with Crippen molar-refractivity contribution in [1.82, 2.24) is 10.2 Å². The first-order chi connectivity index (χ1) is 9.55. The van der Waals surface area contributed by atoms with E-state index in [9.17, 15) is 10.2 Å². The number of hydrogen-bond donors (Lipinski definition) is 3. The second kappa shape index (κ2) is 6.46. The van der Waals surface area contributed by atoms with Crippen molar-refractivity contribution in [1.29, 1.82) is 0 Å². The number of benzene rings is 1. The highest BCUT2D eigenvalue weighted by Crippen LogP contribution is 2.32. The fourth-order valence-electron chi connectivity index (χ4n) is 3.14. The first-order valence-corrected chi connectivity index (χ1v) is 7.43. The molecule has 0 aromatic heterocycles. The SMILES string of the molecule is CN(C)C1(CNCc2cccc(O)c2O)CCCCC1. The third-order valence-corrected chi connectivity index (χ3v) is 4.60. The molecule has 0 aliphatic heterocycles. The van der Waals surface area contributed by atoms with Crippen molar-refractivity contribution in [2.75, 3.05) is 20.6 Å². The number of hydrogen-bond acceptors (Lipinski definition) is 4. The summed E-state index contributed by atoms with van der Waals surface area (Å²) >= 11 is 0. The van der Waals surface area contributed by atoms with Gasteiger partial charge in [-0.1, -0.05) is 31.4 Å². The van der Waals surface area contributed by atoms with Crippen molar-refractivity contribution in [2.45, 2.75) is 44.2 Å². The molecular weight excluding hydrogens is 252 g/mol. The highest BCUT2D eigenvalue weighted by molar-refractivity contribution is 5.44. The van der Waals surface area contributed by atoms with Crippen LogP contribution in [0, 0.1) is 0 Å². The van der Waals surface area contributed by atoms with Gasteiger partial charge >= 0.3 is 0 Å². The Hall–Kier alpha value is -1.26. The lowest BCUT2D eigenvalue weighted by Crippen LogP contribution is -2.52. The molecule has 0 heterocycles. The van der Waals surface area contributed by atoms with E-state index >= 15 is 0 Å². The van der Waals surface area contributed by atoms with E-state index in [1.807, 2.05) is 6.07 Å². The fourth-order valence-corrected chi connectivity index (χ4v) is 3.14. The zero-order chi connectivity index (χ0) is 14.6. The monoisotopic (exact) mass is 278 g/mol. The maximum atomic E-state index is 9.81. The minimum atomic E-state index is -0.0516. The van der Waals surface area contributed by atoms with Crippen LogP contribution in [-0.4, -0.2) is 41.3 Å². The summed E-state index contributed by atoms with van der Waals surface area (Å²) < 4.78 is 0. The Morgan fingerprint density at radius 3 is 2.50 bits per heavy atom. The summed E-state index contributed by atoms with van der Waals surface area (Å²) in [5.41, 5.74) is 0.972. The molecule has 112 valence electrons. The molecule has 1 aliphatic carbocycles.